The van der Waals surface area contributed by atoms with Crippen molar-refractivity contribution in [2.24, 2.45) is 0 Å². The molecular formula is C9H18N6. The normalized spacial score (nSPS) is 9.07. The molecule has 0 fully saturated rings. The van der Waals surface area contributed by atoms with Gasteiger partial charge in [-0.1, -0.05) is 0 Å². The van der Waals surface area contributed by atoms with E-state index >= 15 is 0 Å². The van der Waals surface area contributed by atoms with Gasteiger partial charge in [0.1, 0.15) is 0 Å². The number of imidazole rings is 2. The summed E-state index contributed by atoms with van der Waals surface area (Å²) in [4.78, 5) is 7.96. The molecule has 0 bridgehead atoms. The lowest BCUT2D eigenvalue weighted by Gasteiger charge is -2.02. The van der Waals surface area contributed by atoms with Crippen molar-refractivity contribution in [1.29, 1.82) is 0 Å². The Balaban J connectivity index is 0.000000980. The lowest BCUT2D eigenvalue weighted by Crippen LogP contribution is -2.00. The molecule has 15 heavy (non-hydrogen) atoms. The molecule has 0 saturated carbocycles. The summed E-state index contributed by atoms with van der Waals surface area (Å²) in [5, 5.41) is 0. The number of aryl methyl sites for hydroxylation is 2. The molecule has 0 amide bonds. The summed E-state index contributed by atoms with van der Waals surface area (Å²) in [5.41, 5.74) is 0. The molecule has 0 atom stereocenters. The van der Waals surface area contributed by atoms with Gasteiger partial charge in [0.25, 0.3) is 0 Å². The molecule has 84 valence electrons. The molecule has 0 radical (unpaired) electrons. The molecule has 0 saturated heterocycles. The van der Waals surface area contributed by atoms with E-state index in [1.165, 1.54) is 0 Å². The molecule has 0 unspecified atom stereocenters. The summed E-state index contributed by atoms with van der Waals surface area (Å²) in [6.07, 6.45) is 12.4. The van der Waals surface area contributed by atoms with Crippen molar-refractivity contribution in [3.05, 3.63) is 37.4 Å². The predicted molar refractivity (Wildman–Crippen MR) is 59.1 cm³/mol. The summed E-state index contributed by atoms with van der Waals surface area (Å²) >= 11 is 0. The lowest BCUT2D eigenvalue weighted by atomic mass is 10.4. The van der Waals surface area contributed by atoms with E-state index in [0.717, 1.165) is 19.5 Å². The molecule has 2 aromatic heterocycles. The van der Waals surface area contributed by atoms with E-state index in [9.17, 15) is 0 Å². The average Bonchev–Trinajstić information content (AvgIpc) is 2.75. The third-order valence-corrected chi connectivity index (χ3v) is 1.95. The van der Waals surface area contributed by atoms with Gasteiger partial charge in [0, 0.05) is 37.9 Å². The maximum Gasteiger partial charge on any atom is 0.0945 e. The van der Waals surface area contributed by atoms with Gasteiger partial charge in [0.15, 0.2) is 0 Å². The van der Waals surface area contributed by atoms with Gasteiger partial charge in [-0.25, -0.2) is 9.97 Å². The molecular weight excluding hydrogens is 192 g/mol. The van der Waals surface area contributed by atoms with Crippen LogP contribution in [0.25, 0.3) is 0 Å². The van der Waals surface area contributed by atoms with E-state index in [4.69, 9.17) is 0 Å². The van der Waals surface area contributed by atoms with Gasteiger partial charge in [0.05, 0.1) is 12.7 Å². The molecule has 0 aliphatic heterocycles. The highest BCUT2D eigenvalue weighted by molar-refractivity contribution is 4.76. The van der Waals surface area contributed by atoms with E-state index in [-0.39, 0.29) is 12.3 Å². The van der Waals surface area contributed by atoms with Crippen molar-refractivity contribution >= 4 is 0 Å². The largest absolute Gasteiger partial charge is 0.344 e. The summed E-state index contributed by atoms with van der Waals surface area (Å²) in [7, 11) is 0. The topological polar surface area (TPSA) is 106 Å². The van der Waals surface area contributed by atoms with Gasteiger partial charge < -0.3 is 21.4 Å². The Kier molecular flexibility index (Phi) is 6.00. The van der Waals surface area contributed by atoms with Crippen LogP contribution in [0.4, 0.5) is 0 Å². The maximum atomic E-state index is 3.98. The molecule has 0 aliphatic rings. The van der Waals surface area contributed by atoms with Crippen LogP contribution in [0, 0.1) is 0 Å². The first-order chi connectivity index (χ1) is 6.45. The van der Waals surface area contributed by atoms with Crippen molar-refractivity contribution in [1.82, 2.24) is 31.4 Å². The van der Waals surface area contributed by atoms with Gasteiger partial charge in [-0.15, -0.1) is 0 Å². The monoisotopic (exact) mass is 210 g/mol. The minimum Gasteiger partial charge on any atom is -0.344 e. The second kappa shape index (κ2) is 6.74. The van der Waals surface area contributed by atoms with Gasteiger partial charge >= 0.3 is 0 Å². The summed E-state index contributed by atoms with van der Waals surface area (Å²) in [6, 6.07) is 0. The number of hydrogen-bond donors (Lipinski definition) is 2. The molecule has 6 heteroatoms. The van der Waals surface area contributed by atoms with Crippen molar-refractivity contribution in [3.63, 3.8) is 0 Å². The molecule has 0 aromatic carbocycles. The Morgan fingerprint density at radius 1 is 0.800 bits per heavy atom. The average molecular weight is 210 g/mol. The Bertz CT molecular complexity index is 291. The van der Waals surface area contributed by atoms with Crippen molar-refractivity contribution in [2.45, 2.75) is 19.5 Å². The smallest absolute Gasteiger partial charge is 0.0945 e. The van der Waals surface area contributed by atoms with Crippen LogP contribution in [0.5, 0.6) is 0 Å². The fourth-order valence-electron chi connectivity index (χ4n) is 1.27. The first-order valence-electron chi connectivity index (χ1n) is 4.36. The summed E-state index contributed by atoms with van der Waals surface area (Å²) < 4.78 is 4.16. The highest BCUT2D eigenvalue weighted by Crippen LogP contribution is 1.94. The van der Waals surface area contributed by atoms with E-state index in [1.807, 2.05) is 25.0 Å². The lowest BCUT2D eigenvalue weighted by molar-refractivity contribution is 0.563. The van der Waals surface area contributed by atoms with Gasteiger partial charge in [0.2, 0.25) is 0 Å². The molecule has 6 N–H and O–H groups in total. The highest BCUT2D eigenvalue weighted by Gasteiger charge is 1.91. The second-order valence-electron chi connectivity index (χ2n) is 2.95. The van der Waals surface area contributed by atoms with Crippen LogP contribution in [0.3, 0.4) is 0 Å². The zero-order valence-electron chi connectivity index (χ0n) is 8.79. The highest BCUT2D eigenvalue weighted by atomic mass is 15.0. The maximum absolute atomic E-state index is 3.98. The Labute approximate surface area is 89.1 Å². The van der Waals surface area contributed by atoms with Crippen LogP contribution in [-0.4, -0.2) is 19.1 Å². The minimum absolute atomic E-state index is 0. The standard InChI is InChI=1S/C9H12N4.2H3N/c1(4-12-6-2-10-8-12)5-13-7-3-11-9-13;;/h2-3,6-9H,1,4-5H2;2*1H3. The minimum atomic E-state index is 0. The fourth-order valence-corrected chi connectivity index (χ4v) is 1.27. The van der Waals surface area contributed by atoms with Crippen LogP contribution in [0.1, 0.15) is 6.42 Å². The number of aromatic nitrogens is 4. The summed E-state index contributed by atoms with van der Waals surface area (Å²) in [5.74, 6) is 0. The fraction of sp³-hybridized carbons (Fsp3) is 0.333. The van der Waals surface area contributed by atoms with Gasteiger partial charge in [-0.2, -0.15) is 0 Å². The van der Waals surface area contributed by atoms with E-state index in [2.05, 4.69) is 19.1 Å². The number of hydrogen-bond acceptors (Lipinski definition) is 4. The van der Waals surface area contributed by atoms with E-state index < -0.39 is 0 Å². The second-order valence-corrected chi connectivity index (χ2v) is 2.95. The van der Waals surface area contributed by atoms with E-state index in [1.54, 1.807) is 12.4 Å². The van der Waals surface area contributed by atoms with Crippen molar-refractivity contribution in [3.8, 4) is 0 Å². The van der Waals surface area contributed by atoms with Crippen molar-refractivity contribution in [2.75, 3.05) is 0 Å². The molecule has 0 spiro atoms. The third kappa shape index (κ3) is 3.92. The first-order valence-corrected chi connectivity index (χ1v) is 4.36. The van der Waals surface area contributed by atoms with Crippen LogP contribution < -0.4 is 12.3 Å². The molecule has 6 nitrogen and oxygen atoms in total. The Morgan fingerprint density at radius 2 is 1.27 bits per heavy atom. The number of rotatable bonds is 4. The molecule has 0 aliphatic carbocycles. The quantitative estimate of drug-likeness (QED) is 0.797. The van der Waals surface area contributed by atoms with Crippen LogP contribution in [-0.2, 0) is 13.1 Å². The number of nitrogens with zero attached hydrogens (tertiary/aromatic N) is 4. The molecule has 2 heterocycles. The summed E-state index contributed by atoms with van der Waals surface area (Å²) in [6.45, 7) is 2.02. The first kappa shape index (κ1) is 13.3. The zero-order chi connectivity index (χ0) is 8.93. The molecule has 2 aromatic rings. The van der Waals surface area contributed by atoms with Crippen LogP contribution in [0.15, 0.2) is 37.4 Å². The van der Waals surface area contributed by atoms with Crippen LogP contribution >= 0.6 is 0 Å². The van der Waals surface area contributed by atoms with Crippen molar-refractivity contribution < 1.29 is 0 Å². The van der Waals surface area contributed by atoms with Crippen LogP contribution in [0.2, 0.25) is 0 Å². The van der Waals surface area contributed by atoms with Gasteiger partial charge in [-0.05, 0) is 6.42 Å². The van der Waals surface area contributed by atoms with E-state index in [0.29, 0.717) is 0 Å². The molecule has 2 rings (SSSR count). The predicted octanol–water partition coefficient (Wildman–Crippen LogP) is 1.49. The third-order valence-electron chi connectivity index (χ3n) is 1.95. The SMILES string of the molecule is N.N.c1cn(CCCn2ccnc2)cn1. The Hall–Kier alpha value is -1.66. The zero-order valence-corrected chi connectivity index (χ0v) is 8.79. The van der Waals surface area contributed by atoms with Gasteiger partial charge in [-0.3, -0.25) is 0 Å². The Morgan fingerprint density at radius 3 is 1.60 bits per heavy atom.